The number of nitrogens with one attached hydrogen (secondary N) is 1. The summed E-state index contributed by atoms with van der Waals surface area (Å²) in [6.45, 7) is 2.01. The molecule has 0 aliphatic heterocycles. The minimum atomic E-state index is -0.471. The van der Waals surface area contributed by atoms with Crippen molar-refractivity contribution in [2.75, 3.05) is 0 Å². The highest BCUT2D eigenvalue weighted by atomic mass is 16.6. The molecule has 0 radical (unpaired) electrons. The van der Waals surface area contributed by atoms with Crippen molar-refractivity contribution < 1.29 is 9.72 Å². The maximum Gasteiger partial charge on any atom is 0.291 e. The van der Waals surface area contributed by atoms with Crippen LogP contribution < -0.4 is 5.43 Å². The van der Waals surface area contributed by atoms with Gasteiger partial charge in [-0.1, -0.05) is 54.6 Å². The Morgan fingerprint density at radius 1 is 0.972 bits per heavy atom. The number of rotatable bonds is 6. The lowest BCUT2D eigenvalue weighted by atomic mass is 10.0. The van der Waals surface area contributed by atoms with E-state index in [0.717, 1.165) is 33.3 Å². The van der Waals surface area contributed by atoms with Gasteiger partial charge >= 0.3 is 0 Å². The number of nitro groups is 1. The van der Waals surface area contributed by atoms with Gasteiger partial charge in [-0.25, -0.2) is 10.1 Å². The van der Waals surface area contributed by atoms with Gasteiger partial charge in [0.15, 0.2) is 5.69 Å². The number of aryl methyl sites for hydroxylation is 1. The standard InChI is InChI=1S/C28H21N5O3/c1-19-6-4-9-23(16-19)32-27(25-11-5-8-21-7-2-3-10-24(21)25)17-26(31-32)28(34)30-29-18-20-12-14-22(15-13-20)33(35)36/h2-18H,1H3,(H,30,34)/b29-18-. The molecule has 1 heterocycles. The zero-order valence-electron chi connectivity index (χ0n) is 19.3. The van der Waals surface area contributed by atoms with Crippen LogP contribution in [-0.2, 0) is 0 Å². The van der Waals surface area contributed by atoms with Crippen LogP contribution in [0.15, 0.2) is 102 Å². The molecule has 0 aliphatic carbocycles. The molecule has 0 unspecified atom stereocenters. The average Bonchev–Trinajstić information content (AvgIpc) is 3.34. The SMILES string of the molecule is Cc1cccc(-n2nc(C(=O)N/N=C\c3ccc([N+](=O)[O-])cc3)cc2-c2cccc3ccccc23)c1. The maximum absolute atomic E-state index is 12.9. The van der Waals surface area contributed by atoms with Gasteiger partial charge in [-0.3, -0.25) is 14.9 Å². The van der Waals surface area contributed by atoms with Gasteiger partial charge in [0.25, 0.3) is 11.6 Å². The highest BCUT2D eigenvalue weighted by Crippen LogP contribution is 2.31. The fourth-order valence-corrected chi connectivity index (χ4v) is 3.99. The van der Waals surface area contributed by atoms with Crippen molar-refractivity contribution in [3.8, 4) is 16.9 Å². The number of nitrogens with zero attached hydrogens (tertiary/aromatic N) is 4. The highest BCUT2D eigenvalue weighted by molar-refractivity contribution is 5.99. The van der Waals surface area contributed by atoms with Crippen molar-refractivity contribution in [3.05, 3.63) is 124 Å². The molecule has 0 bridgehead atoms. The third kappa shape index (κ3) is 4.60. The van der Waals surface area contributed by atoms with Crippen LogP contribution in [-0.4, -0.2) is 26.8 Å². The van der Waals surface area contributed by atoms with E-state index in [1.807, 2.05) is 73.7 Å². The second-order valence-corrected chi connectivity index (χ2v) is 8.24. The number of carbonyl (C=O) groups excluding carboxylic acids is 1. The van der Waals surface area contributed by atoms with E-state index in [0.29, 0.717) is 5.56 Å². The van der Waals surface area contributed by atoms with E-state index in [4.69, 9.17) is 0 Å². The molecule has 8 heteroatoms. The van der Waals surface area contributed by atoms with Gasteiger partial charge in [0.2, 0.25) is 0 Å². The van der Waals surface area contributed by atoms with Crippen LogP contribution in [0.5, 0.6) is 0 Å². The summed E-state index contributed by atoms with van der Waals surface area (Å²) in [4.78, 5) is 23.3. The number of hydrazone groups is 1. The molecule has 0 spiro atoms. The summed E-state index contributed by atoms with van der Waals surface area (Å²) in [6.07, 6.45) is 1.42. The van der Waals surface area contributed by atoms with Crippen molar-refractivity contribution in [3.63, 3.8) is 0 Å². The number of aromatic nitrogens is 2. The van der Waals surface area contributed by atoms with Crippen molar-refractivity contribution >= 4 is 28.6 Å². The molecular formula is C28H21N5O3. The van der Waals surface area contributed by atoms with Gasteiger partial charge < -0.3 is 0 Å². The summed E-state index contributed by atoms with van der Waals surface area (Å²) in [7, 11) is 0. The summed E-state index contributed by atoms with van der Waals surface area (Å²) >= 11 is 0. The quantitative estimate of drug-likeness (QED) is 0.194. The molecule has 5 rings (SSSR count). The van der Waals surface area contributed by atoms with E-state index in [1.165, 1.54) is 18.3 Å². The molecule has 0 atom stereocenters. The smallest absolute Gasteiger partial charge is 0.265 e. The zero-order chi connectivity index (χ0) is 25.1. The monoisotopic (exact) mass is 475 g/mol. The predicted octanol–water partition coefficient (Wildman–Crippen LogP) is 5.67. The third-order valence-electron chi connectivity index (χ3n) is 5.74. The zero-order valence-corrected chi connectivity index (χ0v) is 19.3. The molecule has 1 aromatic heterocycles. The number of hydrogen-bond donors (Lipinski definition) is 1. The number of fused-ring (bicyclic) bond motifs is 1. The van der Waals surface area contributed by atoms with Crippen molar-refractivity contribution in [1.82, 2.24) is 15.2 Å². The Kier molecular flexibility index (Phi) is 6.07. The molecule has 0 aliphatic rings. The Hall–Kier alpha value is -5.11. The van der Waals surface area contributed by atoms with Crippen LogP contribution in [0.4, 0.5) is 5.69 Å². The first-order valence-corrected chi connectivity index (χ1v) is 11.2. The Labute approximate surface area is 206 Å². The van der Waals surface area contributed by atoms with E-state index < -0.39 is 10.8 Å². The van der Waals surface area contributed by atoms with E-state index in [-0.39, 0.29) is 11.4 Å². The summed E-state index contributed by atoms with van der Waals surface area (Å²) in [6, 6.07) is 29.7. The lowest BCUT2D eigenvalue weighted by molar-refractivity contribution is -0.384. The summed E-state index contributed by atoms with van der Waals surface area (Å²) < 4.78 is 1.77. The van der Waals surface area contributed by atoms with Gasteiger partial charge in [0.1, 0.15) is 0 Å². The molecule has 36 heavy (non-hydrogen) atoms. The van der Waals surface area contributed by atoms with Crippen LogP contribution in [0.3, 0.4) is 0 Å². The third-order valence-corrected chi connectivity index (χ3v) is 5.74. The molecule has 5 aromatic rings. The van der Waals surface area contributed by atoms with E-state index >= 15 is 0 Å². The van der Waals surface area contributed by atoms with E-state index in [9.17, 15) is 14.9 Å². The molecule has 1 N–H and O–H groups in total. The summed E-state index contributed by atoms with van der Waals surface area (Å²) in [5.74, 6) is -0.471. The minimum Gasteiger partial charge on any atom is -0.265 e. The van der Waals surface area contributed by atoms with Gasteiger partial charge in [-0.2, -0.15) is 10.2 Å². The van der Waals surface area contributed by atoms with E-state index in [2.05, 4.69) is 15.6 Å². The molecule has 0 fully saturated rings. The number of carbonyl (C=O) groups is 1. The molecule has 8 nitrogen and oxygen atoms in total. The summed E-state index contributed by atoms with van der Waals surface area (Å²) in [5.41, 5.74) is 6.95. The molecule has 4 aromatic carbocycles. The van der Waals surface area contributed by atoms with Crippen molar-refractivity contribution in [2.24, 2.45) is 5.10 Å². The first-order valence-electron chi connectivity index (χ1n) is 11.2. The van der Waals surface area contributed by atoms with Crippen LogP contribution in [0.25, 0.3) is 27.7 Å². The van der Waals surface area contributed by atoms with Crippen LogP contribution in [0, 0.1) is 17.0 Å². The molecule has 176 valence electrons. The Bertz CT molecular complexity index is 1620. The maximum atomic E-state index is 12.9. The number of benzene rings is 4. The summed E-state index contributed by atoms with van der Waals surface area (Å²) in [5, 5.41) is 21.6. The van der Waals surface area contributed by atoms with Gasteiger partial charge in [-0.05, 0) is 59.2 Å². The highest BCUT2D eigenvalue weighted by Gasteiger charge is 2.18. The van der Waals surface area contributed by atoms with Crippen molar-refractivity contribution in [2.45, 2.75) is 6.92 Å². The predicted molar refractivity (Wildman–Crippen MR) is 139 cm³/mol. The number of hydrogen-bond acceptors (Lipinski definition) is 5. The Morgan fingerprint density at radius 3 is 2.50 bits per heavy atom. The molecule has 0 saturated carbocycles. The Balaban J connectivity index is 1.49. The largest absolute Gasteiger partial charge is 0.291 e. The molecule has 1 amide bonds. The number of nitro benzene ring substituents is 1. The number of amides is 1. The first-order chi connectivity index (χ1) is 17.5. The number of non-ortho nitro benzene ring substituents is 1. The normalized spacial score (nSPS) is 11.1. The van der Waals surface area contributed by atoms with Crippen LogP contribution >= 0.6 is 0 Å². The van der Waals surface area contributed by atoms with E-state index in [1.54, 1.807) is 22.9 Å². The molecular weight excluding hydrogens is 454 g/mol. The lowest BCUT2D eigenvalue weighted by Crippen LogP contribution is -2.18. The lowest BCUT2D eigenvalue weighted by Gasteiger charge is -2.10. The van der Waals surface area contributed by atoms with Crippen LogP contribution in [0.1, 0.15) is 21.6 Å². The fraction of sp³-hybridized carbons (Fsp3) is 0.0357. The molecule has 0 saturated heterocycles. The van der Waals surface area contributed by atoms with Crippen molar-refractivity contribution in [1.29, 1.82) is 0 Å². The van der Waals surface area contributed by atoms with Gasteiger partial charge in [0, 0.05) is 17.7 Å². The topological polar surface area (TPSA) is 102 Å². The van der Waals surface area contributed by atoms with Gasteiger partial charge in [-0.15, -0.1) is 0 Å². The minimum absolute atomic E-state index is 0.0150. The van der Waals surface area contributed by atoms with Crippen LogP contribution in [0.2, 0.25) is 0 Å². The fourth-order valence-electron chi connectivity index (χ4n) is 3.99. The second kappa shape index (κ2) is 9.63. The second-order valence-electron chi connectivity index (χ2n) is 8.24. The average molecular weight is 476 g/mol. The Morgan fingerprint density at radius 2 is 1.72 bits per heavy atom. The first kappa shape index (κ1) is 22.7. The van der Waals surface area contributed by atoms with Gasteiger partial charge in [0.05, 0.1) is 22.5 Å².